The van der Waals surface area contributed by atoms with Crippen LogP contribution in [0.15, 0.2) is 24.3 Å². The fourth-order valence-electron chi connectivity index (χ4n) is 1.79. The van der Waals surface area contributed by atoms with E-state index < -0.39 is 5.97 Å². The molecule has 2 nitrogen and oxygen atoms in total. The Morgan fingerprint density at radius 1 is 1.40 bits per heavy atom. The highest BCUT2D eigenvalue weighted by Gasteiger charge is 2.13. The van der Waals surface area contributed by atoms with Crippen LogP contribution in [0.2, 0.25) is 0 Å². The van der Waals surface area contributed by atoms with E-state index >= 15 is 0 Å². The first kappa shape index (κ1) is 11.8. The van der Waals surface area contributed by atoms with Gasteiger partial charge in [0.05, 0.1) is 5.56 Å². The van der Waals surface area contributed by atoms with Crippen molar-refractivity contribution >= 4 is 5.97 Å². The molecule has 0 aliphatic heterocycles. The van der Waals surface area contributed by atoms with Crippen LogP contribution in [0.1, 0.15) is 54.9 Å². The van der Waals surface area contributed by atoms with Gasteiger partial charge in [-0.05, 0) is 24.0 Å². The zero-order valence-electron chi connectivity index (χ0n) is 9.36. The minimum Gasteiger partial charge on any atom is -0.478 e. The Morgan fingerprint density at radius 2 is 2.07 bits per heavy atom. The molecular weight excluding hydrogens is 188 g/mol. The van der Waals surface area contributed by atoms with Gasteiger partial charge in [-0.3, -0.25) is 0 Å². The highest BCUT2D eigenvalue weighted by molar-refractivity contribution is 5.89. The van der Waals surface area contributed by atoms with Crippen molar-refractivity contribution in [3.05, 3.63) is 35.4 Å². The third-order valence-corrected chi connectivity index (χ3v) is 2.71. The summed E-state index contributed by atoms with van der Waals surface area (Å²) in [5.41, 5.74) is 1.40. The van der Waals surface area contributed by atoms with E-state index in [9.17, 15) is 4.79 Å². The summed E-state index contributed by atoms with van der Waals surface area (Å²) in [6.07, 6.45) is 3.36. The molecule has 0 saturated heterocycles. The molecule has 0 aliphatic rings. The van der Waals surface area contributed by atoms with Crippen LogP contribution in [0.4, 0.5) is 0 Å². The quantitative estimate of drug-likeness (QED) is 0.798. The van der Waals surface area contributed by atoms with Crippen molar-refractivity contribution in [2.45, 2.75) is 39.0 Å². The Balaban J connectivity index is 2.87. The lowest BCUT2D eigenvalue weighted by atomic mass is 9.91. The van der Waals surface area contributed by atoms with E-state index in [1.54, 1.807) is 12.1 Å². The summed E-state index contributed by atoms with van der Waals surface area (Å²) in [7, 11) is 0. The van der Waals surface area contributed by atoms with Crippen LogP contribution < -0.4 is 0 Å². The largest absolute Gasteiger partial charge is 0.478 e. The van der Waals surface area contributed by atoms with Gasteiger partial charge in [0.15, 0.2) is 0 Å². The van der Waals surface area contributed by atoms with Gasteiger partial charge in [-0.15, -0.1) is 0 Å². The molecule has 2 heteroatoms. The first-order valence-corrected chi connectivity index (χ1v) is 5.49. The first-order chi connectivity index (χ1) is 7.16. The van der Waals surface area contributed by atoms with E-state index in [0.717, 1.165) is 24.8 Å². The van der Waals surface area contributed by atoms with Gasteiger partial charge in [-0.1, -0.05) is 44.9 Å². The summed E-state index contributed by atoms with van der Waals surface area (Å²) in [6, 6.07) is 7.29. The number of carboxylic acid groups (broad SMARTS) is 1. The van der Waals surface area contributed by atoms with Crippen LogP contribution in [0.25, 0.3) is 0 Å². The maximum atomic E-state index is 11.0. The van der Waals surface area contributed by atoms with Crippen LogP contribution in [0.5, 0.6) is 0 Å². The van der Waals surface area contributed by atoms with Crippen molar-refractivity contribution in [1.82, 2.24) is 0 Å². The number of hydrogen-bond acceptors (Lipinski definition) is 1. The second-order valence-corrected chi connectivity index (χ2v) is 3.94. The summed E-state index contributed by atoms with van der Waals surface area (Å²) in [5.74, 6) is -0.494. The fraction of sp³-hybridized carbons (Fsp3) is 0.462. The molecular formula is C13H18O2. The van der Waals surface area contributed by atoms with Crippen molar-refractivity contribution in [3.8, 4) is 0 Å². The summed E-state index contributed by atoms with van der Waals surface area (Å²) >= 11 is 0. The van der Waals surface area contributed by atoms with Crippen LogP contribution in [-0.2, 0) is 0 Å². The molecule has 1 N–H and O–H groups in total. The average molecular weight is 206 g/mol. The summed E-state index contributed by atoms with van der Waals surface area (Å²) in [5, 5.41) is 9.04. The molecule has 0 radical (unpaired) electrons. The Kier molecular flexibility index (Phi) is 4.35. The molecule has 0 aromatic heterocycles. The predicted molar refractivity (Wildman–Crippen MR) is 61.3 cm³/mol. The Hall–Kier alpha value is -1.31. The van der Waals surface area contributed by atoms with Gasteiger partial charge >= 0.3 is 5.97 Å². The minimum absolute atomic E-state index is 0.331. The van der Waals surface area contributed by atoms with E-state index in [4.69, 9.17) is 5.11 Å². The lowest BCUT2D eigenvalue weighted by molar-refractivity contribution is 0.0695. The van der Waals surface area contributed by atoms with Gasteiger partial charge in [0.1, 0.15) is 0 Å². The van der Waals surface area contributed by atoms with Crippen molar-refractivity contribution in [2.75, 3.05) is 0 Å². The molecule has 1 aromatic carbocycles. The molecule has 0 saturated carbocycles. The maximum absolute atomic E-state index is 11.0. The Morgan fingerprint density at radius 3 is 2.67 bits per heavy atom. The molecule has 0 bridgehead atoms. The summed E-state index contributed by atoms with van der Waals surface area (Å²) < 4.78 is 0. The second-order valence-electron chi connectivity index (χ2n) is 3.94. The van der Waals surface area contributed by atoms with Crippen molar-refractivity contribution < 1.29 is 9.90 Å². The summed E-state index contributed by atoms with van der Waals surface area (Å²) in [6.45, 7) is 4.24. The normalized spacial score (nSPS) is 12.4. The predicted octanol–water partition coefficient (Wildman–Crippen LogP) is 3.68. The van der Waals surface area contributed by atoms with E-state index in [2.05, 4.69) is 13.8 Å². The van der Waals surface area contributed by atoms with Gasteiger partial charge < -0.3 is 5.11 Å². The third kappa shape index (κ3) is 3.08. The monoisotopic (exact) mass is 206 g/mol. The number of rotatable bonds is 5. The van der Waals surface area contributed by atoms with Gasteiger partial charge in [-0.25, -0.2) is 4.79 Å². The molecule has 0 spiro atoms. The molecule has 0 fully saturated rings. The Labute approximate surface area is 90.9 Å². The molecule has 0 heterocycles. The lowest BCUT2D eigenvalue weighted by Crippen LogP contribution is -2.05. The van der Waals surface area contributed by atoms with Crippen molar-refractivity contribution in [1.29, 1.82) is 0 Å². The van der Waals surface area contributed by atoms with Crippen LogP contribution in [-0.4, -0.2) is 11.1 Å². The smallest absolute Gasteiger partial charge is 0.335 e. The number of benzene rings is 1. The number of aromatic carboxylic acids is 1. The highest BCUT2D eigenvalue weighted by Crippen LogP contribution is 2.24. The van der Waals surface area contributed by atoms with E-state index in [0.29, 0.717) is 11.5 Å². The van der Waals surface area contributed by atoms with Gasteiger partial charge in [0.2, 0.25) is 0 Å². The molecule has 82 valence electrons. The van der Waals surface area contributed by atoms with Gasteiger partial charge in [-0.2, -0.15) is 0 Å². The van der Waals surface area contributed by atoms with Crippen molar-refractivity contribution in [3.63, 3.8) is 0 Å². The van der Waals surface area contributed by atoms with Gasteiger partial charge in [0.25, 0.3) is 0 Å². The molecule has 1 rings (SSSR count). The maximum Gasteiger partial charge on any atom is 0.335 e. The molecule has 1 aromatic rings. The Bertz CT molecular complexity index is 331. The molecule has 15 heavy (non-hydrogen) atoms. The number of carboxylic acids is 1. The molecule has 1 atom stereocenters. The van der Waals surface area contributed by atoms with E-state index in [1.165, 1.54) is 0 Å². The zero-order valence-corrected chi connectivity index (χ0v) is 9.36. The van der Waals surface area contributed by atoms with Crippen molar-refractivity contribution in [2.24, 2.45) is 0 Å². The highest BCUT2D eigenvalue weighted by atomic mass is 16.4. The first-order valence-electron chi connectivity index (χ1n) is 5.49. The van der Waals surface area contributed by atoms with E-state index in [1.807, 2.05) is 12.1 Å². The lowest BCUT2D eigenvalue weighted by Gasteiger charge is -2.13. The average Bonchev–Trinajstić information content (AvgIpc) is 2.25. The zero-order chi connectivity index (χ0) is 11.3. The van der Waals surface area contributed by atoms with Gasteiger partial charge in [0, 0.05) is 0 Å². The van der Waals surface area contributed by atoms with Crippen LogP contribution >= 0.6 is 0 Å². The molecule has 0 amide bonds. The molecule has 0 unspecified atom stereocenters. The standard InChI is InChI=1S/C13H18O2/c1-3-4-7-10(2)11-8-5-6-9-12(11)13(14)15/h5-6,8-10H,3-4,7H2,1-2H3,(H,14,15)/t10-/m0/s1. The molecule has 0 aliphatic carbocycles. The fourth-order valence-corrected chi connectivity index (χ4v) is 1.79. The van der Waals surface area contributed by atoms with Crippen LogP contribution in [0.3, 0.4) is 0 Å². The SMILES string of the molecule is CCCC[C@H](C)c1ccccc1C(=O)O. The second kappa shape index (κ2) is 5.54. The number of hydrogen-bond donors (Lipinski definition) is 1. The number of carbonyl (C=O) groups is 1. The number of unbranched alkanes of at least 4 members (excludes halogenated alkanes) is 1. The van der Waals surface area contributed by atoms with E-state index in [-0.39, 0.29) is 0 Å². The third-order valence-electron chi connectivity index (χ3n) is 2.71. The topological polar surface area (TPSA) is 37.3 Å². The van der Waals surface area contributed by atoms with Crippen LogP contribution in [0, 0.1) is 0 Å². The summed E-state index contributed by atoms with van der Waals surface area (Å²) in [4.78, 5) is 11.0. The minimum atomic E-state index is -0.825.